The van der Waals surface area contributed by atoms with Crippen LogP contribution in [-0.2, 0) is 9.53 Å². The molecule has 0 atom stereocenters. The maximum Gasteiger partial charge on any atom is 0.337 e. The van der Waals surface area contributed by atoms with Gasteiger partial charge in [0.15, 0.2) is 0 Å². The second-order valence-electron chi connectivity index (χ2n) is 2.85. The van der Waals surface area contributed by atoms with Gasteiger partial charge < -0.3 is 9.94 Å². The normalized spacial score (nSPS) is 20.5. The van der Waals surface area contributed by atoms with Crippen LogP contribution >= 0.6 is 22.6 Å². The molecule has 0 heterocycles. The molecule has 0 saturated carbocycles. The second-order valence-corrected chi connectivity index (χ2v) is 3.57. The number of allylic oxidation sites excluding steroid dienone is 5. The Bertz CT molecular complexity index is 431. The van der Waals surface area contributed by atoms with E-state index in [1.54, 1.807) is 30.4 Å². The van der Waals surface area contributed by atoms with Crippen molar-refractivity contribution in [2.75, 3.05) is 7.11 Å². The summed E-state index contributed by atoms with van der Waals surface area (Å²) in [5, 5.41) is 11.9. The minimum absolute atomic E-state index is 0.405. The molecule has 1 N–H and O–H groups in total. The van der Waals surface area contributed by atoms with Crippen molar-refractivity contribution in [1.82, 2.24) is 0 Å². The molecule has 0 aromatic carbocycles. The molecule has 0 saturated heterocycles. The smallest absolute Gasteiger partial charge is 0.337 e. The lowest BCUT2D eigenvalue weighted by Crippen LogP contribution is -2.09. The van der Waals surface area contributed by atoms with Crippen molar-refractivity contribution in [3.8, 4) is 0 Å². The number of ether oxygens (including phenoxy) is 1. The standard InChI is InChI=1S/C11H10INO3/c1-16-11(14)9-4-5-10(13-15)8(7-9)3-2-6-12/h2-7,15H,1H3/b6-2-,8-3-,13-10+. The van der Waals surface area contributed by atoms with E-state index in [0.29, 0.717) is 16.9 Å². The van der Waals surface area contributed by atoms with Gasteiger partial charge in [0.1, 0.15) is 5.71 Å². The van der Waals surface area contributed by atoms with Gasteiger partial charge in [0.25, 0.3) is 0 Å². The summed E-state index contributed by atoms with van der Waals surface area (Å²) in [5.74, 6) is -0.419. The lowest BCUT2D eigenvalue weighted by Gasteiger charge is -2.08. The second kappa shape index (κ2) is 6.26. The Morgan fingerprint density at radius 1 is 1.56 bits per heavy atom. The molecule has 0 fully saturated rings. The number of nitrogens with zero attached hydrogens (tertiary/aromatic N) is 1. The number of rotatable bonds is 2. The van der Waals surface area contributed by atoms with Gasteiger partial charge in [-0.15, -0.1) is 0 Å². The number of esters is 1. The number of hydrogen-bond acceptors (Lipinski definition) is 4. The molecule has 16 heavy (non-hydrogen) atoms. The summed E-state index contributed by atoms with van der Waals surface area (Å²) in [6.45, 7) is 0. The summed E-state index contributed by atoms with van der Waals surface area (Å²) >= 11 is 2.07. The molecule has 1 aliphatic carbocycles. The molecule has 0 aromatic heterocycles. The third kappa shape index (κ3) is 3.06. The van der Waals surface area contributed by atoms with Crippen LogP contribution in [0.4, 0.5) is 0 Å². The molecule has 0 amide bonds. The first-order chi connectivity index (χ1) is 7.72. The van der Waals surface area contributed by atoms with Gasteiger partial charge in [-0.25, -0.2) is 4.79 Å². The topological polar surface area (TPSA) is 58.9 Å². The first-order valence-corrected chi connectivity index (χ1v) is 5.65. The molecule has 4 nitrogen and oxygen atoms in total. The van der Waals surface area contributed by atoms with Crippen LogP contribution in [0.1, 0.15) is 0 Å². The first kappa shape index (κ1) is 12.7. The zero-order valence-corrected chi connectivity index (χ0v) is 10.7. The van der Waals surface area contributed by atoms with E-state index in [1.165, 1.54) is 7.11 Å². The summed E-state index contributed by atoms with van der Waals surface area (Å²) in [5.41, 5.74) is 1.48. The molecule has 0 aliphatic heterocycles. The van der Waals surface area contributed by atoms with Crippen LogP contribution in [0.3, 0.4) is 0 Å². The van der Waals surface area contributed by atoms with Crippen molar-refractivity contribution >= 4 is 34.3 Å². The van der Waals surface area contributed by atoms with E-state index in [2.05, 4.69) is 32.5 Å². The Morgan fingerprint density at radius 3 is 2.88 bits per heavy atom. The van der Waals surface area contributed by atoms with Crippen LogP contribution in [0.25, 0.3) is 0 Å². The highest BCUT2D eigenvalue weighted by atomic mass is 127. The molecular formula is C11H10INO3. The Kier molecular flexibility index (Phi) is 4.97. The maximum atomic E-state index is 11.3. The van der Waals surface area contributed by atoms with Crippen molar-refractivity contribution in [3.05, 3.63) is 45.6 Å². The quantitative estimate of drug-likeness (QED) is 0.366. The summed E-state index contributed by atoms with van der Waals surface area (Å²) in [7, 11) is 1.32. The van der Waals surface area contributed by atoms with Gasteiger partial charge in [-0.1, -0.05) is 39.9 Å². The SMILES string of the molecule is COC(=O)C1=CC(=C/C=C\I)/C(=N/O)C=C1. The van der Waals surface area contributed by atoms with Crippen molar-refractivity contribution in [2.45, 2.75) is 0 Å². The summed E-state index contributed by atoms with van der Waals surface area (Å²) in [6, 6.07) is 0. The number of carbonyl (C=O) groups excluding carboxylic acids is 1. The number of methoxy groups -OCH3 is 1. The zero-order valence-electron chi connectivity index (χ0n) is 8.55. The van der Waals surface area contributed by atoms with Gasteiger partial charge in [-0.2, -0.15) is 0 Å². The molecule has 0 unspecified atom stereocenters. The lowest BCUT2D eigenvalue weighted by atomic mass is 10.00. The summed E-state index contributed by atoms with van der Waals surface area (Å²) < 4.78 is 6.41. The number of hydrogen-bond donors (Lipinski definition) is 1. The van der Waals surface area contributed by atoms with Gasteiger partial charge >= 0.3 is 5.97 Å². The first-order valence-electron chi connectivity index (χ1n) is 4.40. The van der Waals surface area contributed by atoms with Crippen molar-refractivity contribution < 1.29 is 14.7 Å². The summed E-state index contributed by atoms with van der Waals surface area (Å²) in [4.78, 5) is 11.3. The third-order valence-corrected chi connectivity index (χ3v) is 2.32. The fraction of sp³-hybridized carbons (Fsp3) is 0.0909. The molecular weight excluding hydrogens is 321 g/mol. The van der Waals surface area contributed by atoms with Crippen LogP contribution in [0.2, 0.25) is 0 Å². The average Bonchev–Trinajstić information content (AvgIpc) is 2.34. The van der Waals surface area contributed by atoms with E-state index in [-0.39, 0.29) is 0 Å². The van der Waals surface area contributed by atoms with Crippen LogP contribution in [0, 0.1) is 0 Å². The van der Waals surface area contributed by atoms with Crippen LogP contribution < -0.4 is 0 Å². The molecule has 0 bridgehead atoms. The molecule has 1 aliphatic rings. The van der Waals surface area contributed by atoms with Crippen molar-refractivity contribution in [3.63, 3.8) is 0 Å². The van der Waals surface area contributed by atoms with Crippen molar-refractivity contribution in [1.29, 1.82) is 0 Å². The van der Waals surface area contributed by atoms with Crippen molar-refractivity contribution in [2.24, 2.45) is 5.16 Å². The Hall–Kier alpha value is -1.37. The van der Waals surface area contributed by atoms with Gasteiger partial charge in [-0.3, -0.25) is 0 Å². The van der Waals surface area contributed by atoms with E-state index in [0.717, 1.165) is 0 Å². The van der Waals surface area contributed by atoms with Crippen LogP contribution in [-0.4, -0.2) is 24.0 Å². The highest BCUT2D eigenvalue weighted by Crippen LogP contribution is 2.15. The Labute approximate surface area is 107 Å². The van der Waals surface area contributed by atoms with E-state index >= 15 is 0 Å². The van der Waals surface area contributed by atoms with Crippen LogP contribution in [0.5, 0.6) is 0 Å². The molecule has 84 valence electrons. The monoisotopic (exact) mass is 331 g/mol. The zero-order chi connectivity index (χ0) is 12.0. The molecule has 0 aromatic rings. The lowest BCUT2D eigenvalue weighted by molar-refractivity contribution is -0.135. The maximum absolute atomic E-state index is 11.3. The highest BCUT2D eigenvalue weighted by molar-refractivity contribution is 14.1. The van der Waals surface area contributed by atoms with Gasteiger partial charge in [0.2, 0.25) is 0 Å². The largest absolute Gasteiger partial charge is 0.465 e. The molecule has 0 radical (unpaired) electrons. The van der Waals surface area contributed by atoms with Gasteiger partial charge in [-0.05, 0) is 22.3 Å². The Balaban J connectivity index is 3.08. The predicted octanol–water partition coefficient (Wildman–Crippen LogP) is 2.36. The summed E-state index contributed by atoms with van der Waals surface area (Å²) in [6.07, 6.45) is 8.24. The minimum Gasteiger partial charge on any atom is -0.465 e. The number of oxime groups is 1. The van der Waals surface area contributed by atoms with E-state index in [1.807, 2.05) is 4.08 Å². The van der Waals surface area contributed by atoms with Gasteiger partial charge in [0, 0.05) is 5.57 Å². The molecule has 0 spiro atoms. The van der Waals surface area contributed by atoms with Gasteiger partial charge in [0.05, 0.1) is 12.7 Å². The number of halogens is 1. The fourth-order valence-electron chi connectivity index (χ4n) is 1.16. The molecule has 1 rings (SSSR count). The third-order valence-electron chi connectivity index (χ3n) is 1.90. The highest BCUT2D eigenvalue weighted by Gasteiger charge is 2.14. The van der Waals surface area contributed by atoms with E-state index < -0.39 is 5.97 Å². The van der Waals surface area contributed by atoms with E-state index in [9.17, 15) is 4.79 Å². The van der Waals surface area contributed by atoms with Crippen LogP contribution in [0.15, 0.2) is 50.8 Å². The minimum atomic E-state index is -0.419. The molecule has 5 heteroatoms. The predicted molar refractivity (Wildman–Crippen MR) is 69.7 cm³/mol. The Morgan fingerprint density at radius 2 is 2.31 bits per heavy atom. The number of carbonyl (C=O) groups is 1. The average molecular weight is 331 g/mol. The fourth-order valence-corrected chi connectivity index (χ4v) is 1.37. The van der Waals surface area contributed by atoms with E-state index in [4.69, 9.17) is 5.21 Å².